The van der Waals surface area contributed by atoms with Gasteiger partial charge in [-0.1, -0.05) is 19.1 Å². The Bertz CT molecular complexity index is 588. The van der Waals surface area contributed by atoms with Crippen molar-refractivity contribution in [2.45, 2.75) is 20.3 Å². The Hall–Kier alpha value is -2.29. The molecule has 0 saturated carbocycles. The summed E-state index contributed by atoms with van der Waals surface area (Å²) in [5.41, 5.74) is 1.28. The Morgan fingerprint density at radius 3 is 2.33 bits per heavy atom. The smallest absolute Gasteiger partial charge is 0.193 e. The van der Waals surface area contributed by atoms with Crippen LogP contribution < -0.4 is 9.47 Å². The predicted molar refractivity (Wildman–Crippen MR) is 83.3 cm³/mol. The molecule has 0 aliphatic carbocycles. The van der Waals surface area contributed by atoms with Crippen LogP contribution in [0.25, 0.3) is 0 Å². The van der Waals surface area contributed by atoms with Crippen LogP contribution in [0.5, 0.6) is 11.5 Å². The van der Waals surface area contributed by atoms with E-state index in [1.54, 1.807) is 24.3 Å². The van der Waals surface area contributed by atoms with Gasteiger partial charge in [-0.2, -0.15) is 0 Å². The summed E-state index contributed by atoms with van der Waals surface area (Å²) >= 11 is 0. The van der Waals surface area contributed by atoms with Gasteiger partial charge in [-0.25, -0.2) is 0 Å². The van der Waals surface area contributed by atoms with Crippen molar-refractivity contribution >= 4 is 5.78 Å². The van der Waals surface area contributed by atoms with Crippen LogP contribution in [0.3, 0.4) is 0 Å². The molecule has 0 aliphatic rings. The molecular weight excluding hydrogens is 264 g/mol. The maximum Gasteiger partial charge on any atom is 0.193 e. The van der Waals surface area contributed by atoms with Crippen LogP contribution in [0.4, 0.5) is 0 Å². The van der Waals surface area contributed by atoms with E-state index in [4.69, 9.17) is 9.47 Å². The van der Waals surface area contributed by atoms with Gasteiger partial charge in [0, 0.05) is 11.1 Å². The second kappa shape index (κ2) is 7.48. The van der Waals surface area contributed by atoms with Gasteiger partial charge in [-0.15, -0.1) is 0 Å². The number of rotatable bonds is 7. The number of ketones is 1. The van der Waals surface area contributed by atoms with Crippen molar-refractivity contribution in [3.8, 4) is 11.5 Å². The van der Waals surface area contributed by atoms with Crippen molar-refractivity contribution in [3.05, 3.63) is 59.7 Å². The van der Waals surface area contributed by atoms with Crippen LogP contribution >= 0.6 is 0 Å². The minimum atomic E-state index is -0.0139. The largest absolute Gasteiger partial charge is 0.494 e. The molecule has 2 aromatic carbocycles. The number of benzene rings is 2. The molecule has 0 heterocycles. The van der Waals surface area contributed by atoms with Gasteiger partial charge in [0.25, 0.3) is 0 Å². The molecule has 0 unspecified atom stereocenters. The van der Waals surface area contributed by atoms with E-state index < -0.39 is 0 Å². The molecule has 0 bridgehead atoms. The third kappa shape index (κ3) is 4.09. The van der Waals surface area contributed by atoms with E-state index >= 15 is 0 Å². The minimum absolute atomic E-state index is 0.0139. The van der Waals surface area contributed by atoms with Gasteiger partial charge in [0.2, 0.25) is 0 Å². The molecule has 21 heavy (non-hydrogen) atoms. The van der Waals surface area contributed by atoms with Crippen molar-refractivity contribution in [1.29, 1.82) is 0 Å². The SMILES string of the molecule is CCCOc1cccc(C(=O)c2ccc(OCC)cc2)c1. The lowest BCUT2D eigenvalue weighted by Crippen LogP contribution is -2.03. The number of hydrogen-bond acceptors (Lipinski definition) is 3. The van der Waals surface area contributed by atoms with E-state index in [1.807, 2.05) is 31.2 Å². The van der Waals surface area contributed by atoms with Crippen LogP contribution in [0.1, 0.15) is 36.2 Å². The maximum atomic E-state index is 12.4. The van der Waals surface area contributed by atoms with Gasteiger partial charge in [-0.05, 0) is 49.7 Å². The summed E-state index contributed by atoms with van der Waals surface area (Å²) in [6, 6.07) is 14.5. The van der Waals surface area contributed by atoms with Crippen LogP contribution in [0.15, 0.2) is 48.5 Å². The van der Waals surface area contributed by atoms with E-state index in [9.17, 15) is 4.79 Å². The van der Waals surface area contributed by atoms with Gasteiger partial charge in [-0.3, -0.25) is 4.79 Å². The summed E-state index contributed by atoms with van der Waals surface area (Å²) in [5, 5.41) is 0. The zero-order valence-electron chi connectivity index (χ0n) is 12.5. The van der Waals surface area contributed by atoms with Crippen LogP contribution in [0, 0.1) is 0 Å². The summed E-state index contributed by atoms with van der Waals surface area (Å²) in [7, 11) is 0. The molecule has 3 nitrogen and oxygen atoms in total. The molecular formula is C18H20O3. The van der Waals surface area contributed by atoms with E-state index in [0.717, 1.165) is 17.9 Å². The van der Waals surface area contributed by atoms with Gasteiger partial charge >= 0.3 is 0 Å². The lowest BCUT2D eigenvalue weighted by atomic mass is 10.0. The molecule has 0 spiro atoms. The Balaban J connectivity index is 2.15. The number of carbonyl (C=O) groups excluding carboxylic acids is 1. The molecule has 0 amide bonds. The van der Waals surface area contributed by atoms with Crippen LogP contribution in [-0.4, -0.2) is 19.0 Å². The molecule has 110 valence electrons. The van der Waals surface area contributed by atoms with Gasteiger partial charge in [0.15, 0.2) is 5.78 Å². The van der Waals surface area contributed by atoms with Crippen molar-refractivity contribution in [1.82, 2.24) is 0 Å². The van der Waals surface area contributed by atoms with Crippen molar-refractivity contribution in [2.24, 2.45) is 0 Å². The lowest BCUT2D eigenvalue weighted by Gasteiger charge is -2.07. The molecule has 0 N–H and O–H groups in total. The number of hydrogen-bond donors (Lipinski definition) is 0. The highest BCUT2D eigenvalue weighted by Crippen LogP contribution is 2.19. The Kier molecular flexibility index (Phi) is 5.38. The zero-order chi connectivity index (χ0) is 15.1. The summed E-state index contributed by atoms with van der Waals surface area (Å²) in [4.78, 5) is 12.4. The van der Waals surface area contributed by atoms with E-state index in [2.05, 4.69) is 6.92 Å². The molecule has 0 aromatic heterocycles. The lowest BCUT2D eigenvalue weighted by molar-refractivity contribution is 0.103. The summed E-state index contributed by atoms with van der Waals surface area (Å²) in [6.07, 6.45) is 0.942. The first-order valence-corrected chi connectivity index (χ1v) is 7.25. The van der Waals surface area contributed by atoms with Crippen molar-refractivity contribution < 1.29 is 14.3 Å². The molecule has 0 aliphatic heterocycles. The molecule has 0 atom stereocenters. The normalized spacial score (nSPS) is 10.2. The highest BCUT2D eigenvalue weighted by molar-refractivity contribution is 6.09. The fourth-order valence-electron chi connectivity index (χ4n) is 1.98. The van der Waals surface area contributed by atoms with Crippen LogP contribution in [-0.2, 0) is 0 Å². The summed E-state index contributed by atoms with van der Waals surface area (Å²) in [6.45, 7) is 5.25. The summed E-state index contributed by atoms with van der Waals surface area (Å²) in [5.74, 6) is 1.49. The Labute approximate surface area is 125 Å². The summed E-state index contributed by atoms with van der Waals surface area (Å²) < 4.78 is 10.9. The average molecular weight is 284 g/mol. The number of ether oxygens (including phenoxy) is 2. The standard InChI is InChI=1S/C18H20O3/c1-3-12-21-17-7-5-6-15(13-17)18(19)14-8-10-16(11-9-14)20-4-2/h5-11,13H,3-4,12H2,1-2H3. The Morgan fingerprint density at radius 1 is 0.905 bits per heavy atom. The second-order valence-electron chi connectivity index (χ2n) is 4.66. The van der Waals surface area contributed by atoms with E-state index in [1.165, 1.54) is 0 Å². The molecule has 0 radical (unpaired) electrons. The molecule has 2 aromatic rings. The average Bonchev–Trinajstić information content (AvgIpc) is 2.53. The first-order chi connectivity index (χ1) is 10.2. The van der Waals surface area contributed by atoms with Gasteiger partial charge in [0.1, 0.15) is 11.5 Å². The van der Waals surface area contributed by atoms with Crippen molar-refractivity contribution in [2.75, 3.05) is 13.2 Å². The molecule has 2 rings (SSSR count). The maximum absolute atomic E-state index is 12.4. The predicted octanol–water partition coefficient (Wildman–Crippen LogP) is 4.11. The minimum Gasteiger partial charge on any atom is -0.494 e. The molecule has 3 heteroatoms. The fourth-order valence-corrected chi connectivity index (χ4v) is 1.98. The second-order valence-corrected chi connectivity index (χ2v) is 4.66. The highest BCUT2D eigenvalue weighted by Gasteiger charge is 2.10. The Morgan fingerprint density at radius 2 is 1.67 bits per heavy atom. The first-order valence-electron chi connectivity index (χ1n) is 7.25. The van der Waals surface area contributed by atoms with Crippen molar-refractivity contribution in [3.63, 3.8) is 0 Å². The highest BCUT2D eigenvalue weighted by atomic mass is 16.5. The van der Waals surface area contributed by atoms with Gasteiger partial charge in [0.05, 0.1) is 13.2 Å². The van der Waals surface area contributed by atoms with Crippen LogP contribution in [0.2, 0.25) is 0 Å². The van der Waals surface area contributed by atoms with E-state index in [0.29, 0.717) is 24.3 Å². The molecule has 0 saturated heterocycles. The number of carbonyl (C=O) groups is 1. The zero-order valence-corrected chi connectivity index (χ0v) is 12.5. The van der Waals surface area contributed by atoms with Gasteiger partial charge < -0.3 is 9.47 Å². The fraction of sp³-hybridized carbons (Fsp3) is 0.278. The first kappa shape index (κ1) is 15.1. The quantitative estimate of drug-likeness (QED) is 0.718. The monoisotopic (exact) mass is 284 g/mol. The molecule has 0 fully saturated rings. The van der Waals surface area contributed by atoms with E-state index in [-0.39, 0.29) is 5.78 Å². The third-order valence-electron chi connectivity index (χ3n) is 3.00. The third-order valence-corrected chi connectivity index (χ3v) is 3.00. The topological polar surface area (TPSA) is 35.5 Å².